The molecule has 2 aromatic carbocycles. The molecule has 0 radical (unpaired) electrons. The van der Waals surface area contributed by atoms with Gasteiger partial charge in [-0.3, -0.25) is 4.79 Å². The number of aliphatic hydroxyl groups is 1. The number of alkyl carbamates (subject to hydrolysis) is 1. The highest BCUT2D eigenvalue weighted by atomic mass is 16.5. The number of fused-ring (bicyclic) bond motifs is 3. The Kier molecular flexibility index (Phi) is 5.45. The second kappa shape index (κ2) is 7.95. The van der Waals surface area contributed by atoms with Crippen LogP contribution in [0.1, 0.15) is 24.0 Å². The standard InChI is InChI=1S/C20H19N3O4/c1-12(24)19(18(25)10-22-21)23-20(26)27-11-17-15-8-4-2-6-13(15)14-7-3-5-9-16(14)17/h2-10,12,17,19,24H,11H2,1H3,(H,23,26)/t12-,19-/m1/s1. The molecule has 7 nitrogen and oxygen atoms in total. The third kappa shape index (κ3) is 3.79. The van der Waals surface area contributed by atoms with Crippen molar-refractivity contribution in [3.63, 3.8) is 0 Å². The molecular formula is C20H19N3O4. The molecule has 0 heterocycles. The molecule has 1 amide bonds. The van der Waals surface area contributed by atoms with E-state index in [9.17, 15) is 14.7 Å². The summed E-state index contributed by atoms with van der Waals surface area (Å²) in [5, 5.41) is 12.0. The molecule has 0 aliphatic heterocycles. The topological polar surface area (TPSA) is 112 Å². The molecule has 138 valence electrons. The van der Waals surface area contributed by atoms with Gasteiger partial charge < -0.3 is 20.7 Å². The van der Waals surface area contributed by atoms with Crippen LogP contribution in [0.3, 0.4) is 0 Å². The van der Waals surface area contributed by atoms with Gasteiger partial charge >= 0.3 is 12.3 Å². The zero-order valence-corrected chi connectivity index (χ0v) is 14.7. The highest BCUT2D eigenvalue weighted by molar-refractivity contribution is 6.28. The fraction of sp³-hybridized carbons (Fsp3) is 0.250. The minimum absolute atomic E-state index is 0.0919. The van der Waals surface area contributed by atoms with Crippen LogP contribution in [0, 0.1) is 0 Å². The first-order chi connectivity index (χ1) is 13.0. The lowest BCUT2D eigenvalue weighted by Gasteiger charge is -2.19. The molecule has 1 aliphatic rings. The normalized spacial score (nSPS) is 14.3. The molecule has 2 N–H and O–H groups in total. The Hall–Kier alpha value is -3.28. The summed E-state index contributed by atoms with van der Waals surface area (Å²) in [4.78, 5) is 26.5. The molecule has 0 fully saturated rings. The lowest BCUT2D eigenvalue weighted by Crippen LogP contribution is -2.48. The maximum absolute atomic E-state index is 12.1. The fourth-order valence-corrected chi connectivity index (χ4v) is 3.33. The van der Waals surface area contributed by atoms with Crippen molar-refractivity contribution in [3.05, 3.63) is 65.2 Å². The Morgan fingerprint density at radius 3 is 2.26 bits per heavy atom. The van der Waals surface area contributed by atoms with Crippen molar-refractivity contribution in [1.29, 1.82) is 0 Å². The van der Waals surface area contributed by atoms with Crippen LogP contribution in [0.5, 0.6) is 0 Å². The van der Waals surface area contributed by atoms with Gasteiger partial charge in [-0.25, -0.2) is 4.79 Å². The van der Waals surface area contributed by atoms with Crippen LogP contribution < -0.4 is 5.32 Å². The van der Waals surface area contributed by atoms with E-state index < -0.39 is 24.0 Å². The summed E-state index contributed by atoms with van der Waals surface area (Å²) in [6.45, 7) is 1.44. The van der Waals surface area contributed by atoms with Gasteiger partial charge in [0.05, 0.1) is 6.10 Å². The van der Waals surface area contributed by atoms with Crippen LogP contribution in [-0.2, 0) is 9.53 Å². The predicted molar refractivity (Wildman–Crippen MR) is 98.4 cm³/mol. The predicted octanol–water partition coefficient (Wildman–Crippen LogP) is 2.14. The van der Waals surface area contributed by atoms with Crippen LogP contribution >= 0.6 is 0 Å². The number of hydrogen-bond donors (Lipinski definition) is 2. The molecule has 1 aliphatic carbocycles. The van der Waals surface area contributed by atoms with Crippen molar-refractivity contribution in [2.75, 3.05) is 6.61 Å². The number of carbonyl (C=O) groups is 2. The van der Waals surface area contributed by atoms with E-state index in [-0.39, 0.29) is 12.5 Å². The van der Waals surface area contributed by atoms with Gasteiger partial charge in [0, 0.05) is 5.92 Å². The highest BCUT2D eigenvalue weighted by Crippen LogP contribution is 2.44. The molecule has 2 atom stereocenters. The van der Waals surface area contributed by atoms with E-state index in [1.54, 1.807) is 0 Å². The van der Waals surface area contributed by atoms with Crippen LogP contribution in [0.2, 0.25) is 0 Å². The Balaban J connectivity index is 1.72. The molecular weight excluding hydrogens is 346 g/mol. The van der Waals surface area contributed by atoms with Crippen LogP contribution in [0.4, 0.5) is 4.79 Å². The number of hydrogen-bond acceptors (Lipinski definition) is 4. The molecule has 0 bridgehead atoms. The maximum Gasteiger partial charge on any atom is 0.407 e. The number of carbonyl (C=O) groups excluding carboxylic acids is 2. The molecule has 0 aromatic heterocycles. The van der Waals surface area contributed by atoms with E-state index in [1.165, 1.54) is 6.92 Å². The number of aliphatic hydroxyl groups excluding tert-OH is 1. The number of rotatable bonds is 6. The number of amides is 1. The largest absolute Gasteiger partial charge is 0.449 e. The zero-order chi connectivity index (χ0) is 19.4. The quantitative estimate of drug-likeness (QED) is 0.464. The number of ketones is 1. The highest BCUT2D eigenvalue weighted by Gasteiger charge is 2.31. The van der Waals surface area contributed by atoms with Gasteiger partial charge in [-0.15, -0.1) is 0 Å². The number of nitrogens with one attached hydrogen (secondary N) is 1. The van der Waals surface area contributed by atoms with Gasteiger partial charge in [-0.1, -0.05) is 48.5 Å². The maximum atomic E-state index is 12.1. The van der Waals surface area contributed by atoms with Gasteiger partial charge in [-0.2, -0.15) is 4.79 Å². The van der Waals surface area contributed by atoms with Crippen molar-refractivity contribution in [1.82, 2.24) is 5.32 Å². The van der Waals surface area contributed by atoms with E-state index in [1.807, 2.05) is 48.5 Å². The van der Waals surface area contributed by atoms with Gasteiger partial charge in [0.2, 0.25) is 0 Å². The van der Waals surface area contributed by atoms with Crippen LogP contribution in [-0.4, -0.2) is 46.7 Å². The summed E-state index contributed by atoms with van der Waals surface area (Å²) in [5.41, 5.74) is 12.8. The van der Waals surface area contributed by atoms with E-state index in [4.69, 9.17) is 10.3 Å². The Morgan fingerprint density at radius 2 is 1.74 bits per heavy atom. The Morgan fingerprint density at radius 1 is 1.19 bits per heavy atom. The number of ether oxygens (including phenoxy) is 1. The second-order valence-electron chi connectivity index (χ2n) is 6.34. The monoisotopic (exact) mass is 365 g/mol. The molecule has 0 unspecified atom stereocenters. The number of benzene rings is 2. The van der Waals surface area contributed by atoms with Gasteiger partial charge in [-0.05, 0) is 29.2 Å². The summed E-state index contributed by atoms with van der Waals surface area (Å²) in [6, 6.07) is 14.6. The summed E-state index contributed by atoms with van der Waals surface area (Å²) in [5.74, 6) is -0.844. The first-order valence-electron chi connectivity index (χ1n) is 8.53. The summed E-state index contributed by atoms with van der Waals surface area (Å²) < 4.78 is 5.33. The average molecular weight is 365 g/mol. The van der Waals surface area contributed by atoms with Crippen LogP contribution in [0.25, 0.3) is 16.7 Å². The fourth-order valence-electron chi connectivity index (χ4n) is 3.33. The van der Waals surface area contributed by atoms with Gasteiger partial charge in [0.25, 0.3) is 5.78 Å². The molecule has 3 rings (SSSR count). The number of Topliss-reactive ketones (excluding diaryl/α,β-unsaturated/α-hetero) is 1. The summed E-state index contributed by atoms with van der Waals surface area (Å²) in [6.07, 6.45) is -1.38. The lowest BCUT2D eigenvalue weighted by atomic mass is 9.98. The smallest absolute Gasteiger partial charge is 0.407 e. The first kappa shape index (κ1) is 18.5. The molecule has 7 heteroatoms. The number of nitrogens with zero attached hydrogens (tertiary/aromatic N) is 2. The van der Waals surface area contributed by atoms with Crippen molar-refractivity contribution in [2.24, 2.45) is 0 Å². The van der Waals surface area contributed by atoms with Crippen molar-refractivity contribution < 1.29 is 24.2 Å². The minimum atomic E-state index is -1.25. The molecule has 0 spiro atoms. The molecule has 0 saturated heterocycles. The molecule has 2 aromatic rings. The summed E-state index contributed by atoms with van der Waals surface area (Å²) >= 11 is 0. The zero-order valence-electron chi connectivity index (χ0n) is 14.7. The first-order valence-corrected chi connectivity index (χ1v) is 8.53. The van der Waals surface area contributed by atoms with Crippen LogP contribution in [0.15, 0.2) is 48.5 Å². The lowest BCUT2D eigenvalue weighted by molar-refractivity contribution is -0.120. The Labute approximate surface area is 156 Å². The van der Waals surface area contributed by atoms with E-state index in [0.29, 0.717) is 6.21 Å². The van der Waals surface area contributed by atoms with E-state index >= 15 is 0 Å². The third-order valence-electron chi connectivity index (χ3n) is 4.59. The van der Waals surface area contributed by atoms with Gasteiger partial charge in [0.1, 0.15) is 12.6 Å². The van der Waals surface area contributed by atoms with E-state index in [2.05, 4.69) is 10.1 Å². The Bertz CT molecular complexity index is 873. The molecule has 27 heavy (non-hydrogen) atoms. The average Bonchev–Trinajstić information content (AvgIpc) is 2.98. The van der Waals surface area contributed by atoms with Crippen molar-refractivity contribution in [3.8, 4) is 11.1 Å². The second-order valence-corrected chi connectivity index (χ2v) is 6.34. The SMILES string of the molecule is C[C@@H](O)[C@@H](NC(=O)OCC1c2ccccc2-c2ccccc21)C(=O)C=[N+]=[N-]. The van der Waals surface area contributed by atoms with Gasteiger partial charge in [0.15, 0.2) is 0 Å². The van der Waals surface area contributed by atoms with E-state index in [0.717, 1.165) is 22.3 Å². The van der Waals surface area contributed by atoms with Crippen molar-refractivity contribution >= 4 is 18.1 Å². The molecule has 0 saturated carbocycles. The minimum Gasteiger partial charge on any atom is -0.449 e. The third-order valence-corrected chi connectivity index (χ3v) is 4.59. The summed E-state index contributed by atoms with van der Waals surface area (Å²) in [7, 11) is 0. The van der Waals surface area contributed by atoms with Crippen molar-refractivity contribution in [2.45, 2.75) is 25.0 Å².